The van der Waals surface area contributed by atoms with Gasteiger partial charge >= 0.3 is 23.9 Å². The van der Waals surface area contributed by atoms with Crippen molar-refractivity contribution in [3.05, 3.63) is 108 Å². The minimum atomic E-state index is -0.956. The van der Waals surface area contributed by atoms with Gasteiger partial charge in [0.2, 0.25) is 0 Å². The second kappa shape index (κ2) is 16.3. The standard InChI is InChI=1S/C50H58O9/c1-29(2)34-25-40(57-41(52)26-34)30(3)37-28-39(51)43-42-36(22-24-50(37,43)5)49(4)23-21-35(56-46(53)31-15-9-6-10-16-31)27-38(49)44(58-47(54)32-17-11-7-12-18-32)45(42)59-48(55)33-19-13-8-14-20-33/h6-20,29-30,34-38,40,42-45H,21-28H2,1-5H3/t30?,34?,35-,36?,37?,38?,40?,42?,43?,44-,45?,49-,50-/m1/s1. The van der Waals surface area contributed by atoms with Crippen molar-refractivity contribution < 1.29 is 42.9 Å². The van der Waals surface area contributed by atoms with Gasteiger partial charge in [0.05, 0.1) is 16.7 Å². The Morgan fingerprint density at radius 1 is 0.644 bits per heavy atom. The summed E-state index contributed by atoms with van der Waals surface area (Å²) in [5, 5.41) is 0. The maximum absolute atomic E-state index is 14.9. The van der Waals surface area contributed by atoms with Crippen LogP contribution in [0.15, 0.2) is 91.0 Å². The summed E-state index contributed by atoms with van der Waals surface area (Å²) in [6.45, 7) is 10.9. The van der Waals surface area contributed by atoms with Crippen LogP contribution in [0.5, 0.6) is 0 Å². The smallest absolute Gasteiger partial charge is 0.338 e. The molecule has 0 bridgehead atoms. The van der Waals surface area contributed by atoms with Gasteiger partial charge in [-0.2, -0.15) is 0 Å². The normalized spacial score (nSPS) is 35.6. The number of hydrogen-bond donors (Lipinski definition) is 0. The summed E-state index contributed by atoms with van der Waals surface area (Å²) in [6, 6.07) is 26.5. The number of benzene rings is 3. The fourth-order valence-electron chi connectivity index (χ4n) is 12.5. The third kappa shape index (κ3) is 7.63. The van der Waals surface area contributed by atoms with E-state index in [1.54, 1.807) is 72.8 Å². The monoisotopic (exact) mass is 802 g/mol. The second-order valence-corrected chi connectivity index (χ2v) is 19.1. The Morgan fingerprint density at radius 2 is 1.17 bits per heavy atom. The van der Waals surface area contributed by atoms with E-state index in [0.29, 0.717) is 54.7 Å². The average molecular weight is 803 g/mol. The Labute approximate surface area is 347 Å². The van der Waals surface area contributed by atoms with E-state index in [1.807, 2.05) is 18.2 Å². The van der Waals surface area contributed by atoms with Crippen LogP contribution < -0.4 is 0 Å². The highest BCUT2D eigenvalue weighted by molar-refractivity contribution is 5.91. The fraction of sp³-hybridized carbons (Fsp3) is 0.540. The predicted molar refractivity (Wildman–Crippen MR) is 220 cm³/mol. The molecule has 4 aliphatic carbocycles. The Morgan fingerprint density at radius 3 is 1.73 bits per heavy atom. The van der Waals surface area contributed by atoms with Crippen LogP contribution in [0.3, 0.4) is 0 Å². The summed E-state index contributed by atoms with van der Waals surface area (Å²) in [5.74, 6) is -2.42. The first kappa shape index (κ1) is 41.0. The lowest BCUT2D eigenvalue weighted by molar-refractivity contribution is -0.223. The van der Waals surface area contributed by atoms with E-state index in [9.17, 15) is 24.0 Å². The van der Waals surface area contributed by atoms with Crippen LogP contribution in [-0.4, -0.2) is 54.1 Å². The number of ketones is 1. The zero-order chi connectivity index (χ0) is 41.6. The molecule has 3 aromatic carbocycles. The van der Waals surface area contributed by atoms with Gasteiger partial charge in [-0.25, -0.2) is 14.4 Å². The van der Waals surface area contributed by atoms with Gasteiger partial charge < -0.3 is 18.9 Å². The predicted octanol–water partition coefficient (Wildman–Crippen LogP) is 9.33. The Bertz CT molecular complexity index is 2030. The summed E-state index contributed by atoms with van der Waals surface area (Å²) in [6.07, 6.45) is 2.16. The van der Waals surface area contributed by atoms with Crippen molar-refractivity contribution in [2.24, 2.45) is 58.2 Å². The van der Waals surface area contributed by atoms with Crippen LogP contribution in [-0.2, 0) is 28.5 Å². The Kier molecular flexibility index (Phi) is 11.3. The number of hydrogen-bond acceptors (Lipinski definition) is 9. The molecule has 3 aromatic rings. The Balaban J connectivity index is 1.19. The molecule has 9 heteroatoms. The van der Waals surface area contributed by atoms with Gasteiger partial charge in [0.25, 0.3) is 0 Å². The van der Waals surface area contributed by atoms with Gasteiger partial charge in [-0.1, -0.05) is 89.2 Å². The molecule has 1 aliphatic heterocycles. The number of ether oxygens (including phenoxy) is 4. The number of Topliss-reactive ketones (excluding diaryl/α,β-unsaturated/α-hetero) is 1. The molecule has 9 unspecified atom stereocenters. The minimum Gasteiger partial charge on any atom is -0.462 e. The van der Waals surface area contributed by atoms with Crippen molar-refractivity contribution >= 4 is 29.7 Å². The highest BCUT2D eigenvalue weighted by Gasteiger charge is 2.70. The maximum atomic E-state index is 14.9. The molecule has 4 saturated carbocycles. The van der Waals surface area contributed by atoms with E-state index in [4.69, 9.17) is 18.9 Å². The van der Waals surface area contributed by atoms with Crippen LogP contribution in [0.1, 0.15) is 117 Å². The molecule has 9 nitrogen and oxygen atoms in total. The van der Waals surface area contributed by atoms with Crippen LogP contribution in [0, 0.1) is 58.2 Å². The molecule has 59 heavy (non-hydrogen) atoms. The van der Waals surface area contributed by atoms with E-state index in [0.717, 1.165) is 19.3 Å². The number of carbonyl (C=O) groups is 5. The van der Waals surface area contributed by atoms with Gasteiger partial charge in [-0.05, 0) is 115 Å². The zero-order valence-corrected chi connectivity index (χ0v) is 34.9. The molecule has 0 aromatic heterocycles. The first-order chi connectivity index (χ1) is 28.3. The molecule has 1 heterocycles. The number of rotatable bonds is 9. The summed E-state index contributed by atoms with van der Waals surface area (Å²) < 4.78 is 25.6. The first-order valence-electron chi connectivity index (χ1n) is 21.8. The molecule has 8 rings (SSSR count). The van der Waals surface area contributed by atoms with Gasteiger partial charge in [-0.15, -0.1) is 0 Å². The van der Waals surface area contributed by atoms with E-state index in [1.165, 1.54) is 0 Å². The first-order valence-corrected chi connectivity index (χ1v) is 21.8. The van der Waals surface area contributed by atoms with Crippen molar-refractivity contribution in [2.75, 3.05) is 0 Å². The molecule has 5 aliphatic rings. The van der Waals surface area contributed by atoms with Crippen LogP contribution in [0.25, 0.3) is 0 Å². The number of cyclic esters (lactones) is 1. The van der Waals surface area contributed by atoms with E-state index < -0.39 is 58.9 Å². The lowest BCUT2D eigenvalue weighted by atomic mass is 9.43. The van der Waals surface area contributed by atoms with E-state index in [-0.39, 0.29) is 47.4 Å². The molecular formula is C50H58O9. The summed E-state index contributed by atoms with van der Waals surface area (Å²) >= 11 is 0. The van der Waals surface area contributed by atoms with Crippen molar-refractivity contribution in [1.82, 2.24) is 0 Å². The highest BCUT2D eigenvalue weighted by Crippen LogP contribution is 2.68. The van der Waals surface area contributed by atoms with Gasteiger partial charge in [0.15, 0.2) is 0 Å². The van der Waals surface area contributed by atoms with Crippen LogP contribution in [0.4, 0.5) is 0 Å². The summed E-state index contributed by atoms with van der Waals surface area (Å²) in [5.41, 5.74) is 0.279. The van der Waals surface area contributed by atoms with Crippen molar-refractivity contribution in [1.29, 1.82) is 0 Å². The molecule has 1 saturated heterocycles. The molecule has 312 valence electrons. The molecule has 0 N–H and O–H groups in total. The van der Waals surface area contributed by atoms with Crippen molar-refractivity contribution in [3.8, 4) is 0 Å². The highest BCUT2D eigenvalue weighted by atomic mass is 16.6. The quantitative estimate of drug-likeness (QED) is 0.154. The van der Waals surface area contributed by atoms with Crippen molar-refractivity contribution in [2.45, 2.75) is 110 Å². The molecule has 0 amide bonds. The van der Waals surface area contributed by atoms with Crippen molar-refractivity contribution in [3.63, 3.8) is 0 Å². The largest absolute Gasteiger partial charge is 0.462 e. The zero-order valence-electron chi connectivity index (χ0n) is 34.9. The number of esters is 4. The minimum absolute atomic E-state index is 0.0487. The van der Waals surface area contributed by atoms with Gasteiger partial charge in [0.1, 0.15) is 30.2 Å². The molecule has 0 radical (unpaired) electrons. The Hall–Kier alpha value is -4.79. The van der Waals surface area contributed by atoms with E-state index >= 15 is 0 Å². The molecular weight excluding hydrogens is 745 g/mol. The molecule has 13 atom stereocenters. The summed E-state index contributed by atoms with van der Waals surface area (Å²) in [4.78, 5) is 69.8. The lowest BCUT2D eigenvalue weighted by Gasteiger charge is -2.64. The SMILES string of the molecule is CC(C)C1CC(=O)OC(C(C)C2CC(=O)C3C4C(OC(=O)c5ccccc5)[C@H](OC(=O)c5ccccc5)C5C[C@H](OC(=O)c6ccccc6)CC[C@]5(C)C4CC[C@]23C)C1. The van der Waals surface area contributed by atoms with Crippen LogP contribution >= 0.6 is 0 Å². The topological polar surface area (TPSA) is 122 Å². The van der Waals surface area contributed by atoms with E-state index in [2.05, 4.69) is 34.6 Å². The average Bonchev–Trinajstić information content (AvgIpc) is 3.52. The lowest BCUT2D eigenvalue weighted by Crippen LogP contribution is -2.66. The third-order valence-corrected chi connectivity index (χ3v) is 15.7. The molecule has 5 fully saturated rings. The molecule has 0 spiro atoms. The number of carbonyl (C=O) groups excluding carboxylic acids is 5. The van der Waals surface area contributed by atoms with Gasteiger partial charge in [0, 0.05) is 30.6 Å². The fourth-order valence-corrected chi connectivity index (χ4v) is 12.5. The van der Waals surface area contributed by atoms with Crippen LogP contribution in [0.2, 0.25) is 0 Å². The third-order valence-electron chi connectivity index (χ3n) is 15.7. The number of fused-ring (bicyclic) bond motifs is 5. The maximum Gasteiger partial charge on any atom is 0.338 e. The summed E-state index contributed by atoms with van der Waals surface area (Å²) in [7, 11) is 0. The second-order valence-electron chi connectivity index (χ2n) is 19.1. The van der Waals surface area contributed by atoms with Gasteiger partial charge in [-0.3, -0.25) is 9.59 Å².